The van der Waals surface area contributed by atoms with Gasteiger partial charge in [0.15, 0.2) is 0 Å². The molecule has 3 fully saturated rings. The lowest BCUT2D eigenvalue weighted by Crippen LogP contribution is -2.53. The predicted molar refractivity (Wildman–Crippen MR) is 97.9 cm³/mol. The van der Waals surface area contributed by atoms with Crippen molar-refractivity contribution in [1.82, 2.24) is 15.1 Å². The predicted octanol–water partition coefficient (Wildman–Crippen LogP) is 0.955. The van der Waals surface area contributed by atoms with Crippen LogP contribution in [0.3, 0.4) is 0 Å². The highest BCUT2D eigenvalue weighted by Gasteiger charge is 2.35. The summed E-state index contributed by atoms with van der Waals surface area (Å²) in [7, 11) is 0. The van der Waals surface area contributed by atoms with Gasteiger partial charge in [0, 0.05) is 38.1 Å². The Hall–Kier alpha value is -1.14. The summed E-state index contributed by atoms with van der Waals surface area (Å²) in [4.78, 5) is 29.1. The maximum Gasteiger partial charge on any atom is 0.234 e. The van der Waals surface area contributed by atoms with Crippen LogP contribution in [0.4, 0.5) is 0 Å². The highest BCUT2D eigenvalue weighted by Crippen LogP contribution is 2.32. The van der Waals surface area contributed by atoms with E-state index in [1.54, 1.807) is 0 Å². The Morgan fingerprint density at radius 1 is 0.920 bits per heavy atom. The van der Waals surface area contributed by atoms with Gasteiger partial charge >= 0.3 is 0 Å². The molecule has 25 heavy (non-hydrogen) atoms. The number of nitrogens with one attached hydrogen (secondary N) is 1. The van der Waals surface area contributed by atoms with Crippen molar-refractivity contribution < 1.29 is 9.59 Å². The molecule has 1 aliphatic heterocycles. The maximum atomic E-state index is 12.7. The Kier molecular flexibility index (Phi) is 6.70. The monoisotopic (exact) mass is 350 g/mol. The summed E-state index contributed by atoms with van der Waals surface area (Å²) in [6.45, 7) is 4.16. The Balaban J connectivity index is 1.39. The van der Waals surface area contributed by atoms with Crippen molar-refractivity contribution in [2.24, 2.45) is 17.6 Å². The van der Waals surface area contributed by atoms with E-state index in [4.69, 9.17) is 5.73 Å². The first-order valence-corrected chi connectivity index (χ1v) is 10.2. The highest BCUT2D eigenvalue weighted by atomic mass is 16.2. The van der Waals surface area contributed by atoms with Crippen molar-refractivity contribution in [1.29, 1.82) is 0 Å². The quantitative estimate of drug-likeness (QED) is 0.774. The van der Waals surface area contributed by atoms with E-state index < -0.39 is 0 Å². The molecule has 1 heterocycles. The van der Waals surface area contributed by atoms with Gasteiger partial charge in [0.1, 0.15) is 0 Å². The maximum absolute atomic E-state index is 12.7. The van der Waals surface area contributed by atoms with Crippen molar-refractivity contribution in [3.8, 4) is 0 Å². The van der Waals surface area contributed by atoms with Crippen molar-refractivity contribution >= 4 is 11.8 Å². The number of nitrogens with two attached hydrogens (primary N) is 1. The number of rotatable bonds is 5. The van der Waals surface area contributed by atoms with E-state index in [2.05, 4.69) is 10.2 Å². The molecule has 3 N–H and O–H groups in total. The first-order valence-electron chi connectivity index (χ1n) is 10.2. The van der Waals surface area contributed by atoms with Gasteiger partial charge in [-0.05, 0) is 38.1 Å². The average molecular weight is 351 g/mol. The largest absolute Gasteiger partial charge is 0.352 e. The summed E-state index contributed by atoms with van der Waals surface area (Å²) in [6, 6.07) is 0.375. The zero-order valence-electron chi connectivity index (χ0n) is 15.4. The van der Waals surface area contributed by atoms with E-state index in [1.807, 2.05) is 4.90 Å². The van der Waals surface area contributed by atoms with Crippen LogP contribution in [-0.4, -0.2) is 66.9 Å². The molecule has 3 rings (SSSR count). The fraction of sp³-hybridized carbons (Fsp3) is 0.895. The Bertz CT molecular complexity index is 456. The Morgan fingerprint density at radius 2 is 1.64 bits per heavy atom. The van der Waals surface area contributed by atoms with E-state index in [0.29, 0.717) is 31.0 Å². The molecule has 3 aliphatic rings. The second-order valence-corrected chi connectivity index (χ2v) is 8.04. The fourth-order valence-corrected chi connectivity index (χ4v) is 4.73. The molecule has 6 nitrogen and oxygen atoms in total. The van der Waals surface area contributed by atoms with Crippen molar-refractivity contribution in [3.63, 3.8) is 0 Å². The van der Waals surface area contributed by atoms with Gasteiger partial charge in [-0.1, -0.05) is 25.7 Å². The van der Waals surface area contributed by atoms with Gasteiger partial charge in [0.2, 0.25) is 11.8 Å². The summed E-state index contributed by atoms with van der Waals surface area (Å²) in [5.41, 5.74) is 5.82. The number of piperazine rings is 1. The van der Waals surface area contributed by atoms with Crippen LogP contribution in [0.25, 0.3) is 0 Å². The van der Waals surface area contributed by atoms with Crippen LogP contribution in [0.5, 0.6) is 0 Å². The van der Waals surface area contributed by atoms with E-state index >= 15 is 0 Å². The number of carbonyl (C=O) groups excluding carboxylic acids is 2. The van der Waals surface area contributed by atoms with Crippen LogP contribution < -0.4 is 11.1 Å². The van der Waals surface area contributed by atoms with Gasteiger partial charge in [-0.25, -0.2) is 0 Å². The molecule has 142 valence electrons. The normalized spacial score (nSPS) is 28.9. The molecule has 0 unspecified atom stereocenters. The van der Waals surface area contributed by atoms with Crippen LogP contribution in [-0.2, 0) is 9.59 Å². The number of hydrogen-bond acceptors (Lipinski definition) is 4. The summed E-state index contributed by atoms with van der Waals surface area (Å²) in [5, 5.41) is 3.18. The zero-order valence-corrected chi connectivity index (χ0v) is 15.4. The number of carbonyl (C=O) groups is 2. The first-order chi connectivity index (χ1) is 12.2. The lowest BCUT2D eigenvalue weighted by atomic mass is 9.94. The van der Waals surface area contributed by atoms with Crippen LogP contribution in [0.15, 0.2) is 0 Å². The summed E-state index contributed by atoms with van der Waals surface area (Å²) in [6.07, 6.45) is 9.22. The van der Waals surface area contributed by atoms with E-state index in [9.17, 15) is 9.59 Å². The van der Waals surface area contributed by atoms with Gasteiger partial charge in [0.05, 0.1) is 6.54 Å². The van der Waals surface area contributed by atoms with Crippen LogP contribution in [0.1, 0.15) is 51.4 Å². The SMILES string of the molecule is NC[C@H]1CCC[C@H]1C(=O)N1CCN(CC(=O)NC2CCCCC2)CC1. The van der Waals surface area contributed by atoms with Crippen molar-refractivity contribution in [2.45, 2.75) is 57.4 Å². The Morgan fingerprint density at radius 3 is 2.32 bits per heavy atom. The minimum Gasteiger partial charge on any atom is -0.352 e. The van der Waals surface area contributed by atoms with Gasteiger partial charge < -0.3 is 16.0 Å². The molecule has 1 saturated heterocycles. The third-order valence-corrected chi connectivity index (χ3v) is 6.30. The second-order valence-electron chi connectivity index (χ2n) is 8.04. The van der Waals surface area contributed by atoms with Crippen molar-refractivity contribution in [3.05, 3.63) is 0 Å². The number of amides is 2. The molecule has 0 aromatic carbocycles. The van der Waals surface area contributed by atoms with E-state index in [-0.39, 0.29) is 11.8 Å². The van der Waals surface area contributed by atoms with Crippen LogP contribution in [0, 0.1) is 11.8 Å². The molecule has 0 aromatic heterocycles. The minimum absolute atomic E-state index is 0.131. The highest BCUT2D eigenvalue weighted by molar-refractivity contribution is 5.80. The molecule has 0 spiro atoms. The standard InChI is InChI=1S/C19H34N4O2/c20-13-15-5-4-8-17(15)19(25)23-11-9-22(10-12-23)14-18(24)21-16-6-2-1-3-7-16/h15-17H,1-14,20H2,(H,21,24)/t15-,17-/m1/s1. The lowest BCUT2D eigenvalue weighted by molar-refractivity contribution is -0.138. The molecule has 0 bridgehead atoms. The second kappa shape index (κ2) is 8.99. The molecule has 6 heteroatoms. The zero-order chi connectivity index (χ0) is 17.6. The Labute approximate surface area is 151 Å². The topological polar surface area (TPSA) is 78.7 Å². The number of nitrogens with zero attached hydrogens (tertiary/aromatic N) is 2. The molecular formula is C19H34N4O2. The number of hydrogen-bond donors (Lipinski definition) is 2. The molecule has 2 atom stereocenters. The first kappa shape index (κ1) is 18.6. The van der Waals surface area contributed by atoms with E-state index in [1.165, 1.54) is 19.3 Å². The fourth-order valence-electron chi connectivity index (χ4n) is 4.73. The van der Waals surface area contributed by atoms with Gasteiger partial charge in [-0.2, -0.15) is 0 Å². The smallest absolute Gasteiger partial charge is 0.234 e. The minimum atomic E-state index is 0.131. The van der Waals surface area contributed by atoms with Gasteiger partial charge in [0.25, 0.3) is 0 Å². The molecular weight excluding hydrogens is 316 g/mol. The van der Waals surface area contributed by atoms with E-state index in [0.717, 1.165) is 58.3 Å². The molecule has 0 radical (unpaired) electrons. The van der Waals surface area contributed by atoms with Crippen LogP contribution in [0.2, 0.25) is 0 Å². The average Bonchev–Trinajstić information content (AvgIpc) is 3.11. The summed E-state index contributed by atoms with van der Waals surface area (Å²) >= 11 is 0. The molecule has 0 aromatic rings. The van der Waals surface area contributed by atoms with Crippen molar-refractivity contribution in [2.75, 3.05) is 39.3 Å². The molecule has 2 aliphatic carbocycles. The molecule has 2 saturated carbocycles. The summed E-state index contributed by atoms with van der Waals surface area (Å²) < 4.78 is 0. The third kappa shape index (κ3) is 4.94. The lowest BCUT2D eigenvalue weighted by Gasteiger charge is -2.36. The third-order valence-electron chi connectivity index (χ3n) is 6.30. The van der Waals surface area contributed by atoms with Gasteiger partial charge in [-0.15, -0.1) is 0 Å². The van der Waals surface area contributed by atoms with Crippen LogP contribution >= 0.6 is 0 Å². The molecule has 2 amide bonds. The summed E-state index contributed by atoms with van der Waals surface area (Å²) in [5.74, 6) is 0.933. The van der Waals surface area contributed by atoms with Gasteiger partial charge in [-0.3, -0.25) is 14.5 Å².